The number of nitrogens with one attached hydrogen (secondary N) is 1. The molecular weight excluding hydrogens is 388 g/mol. The van der Waals surface area contributed by atoms with Crippen molar-refractivity contribution in [3.05, 3.63) is 45.3 Å². The molecule has 1 aliphatic rings. The van der Waals surface area contributed by atoms with Crippen molar-refractivity contribution in [2.24, 2.45) is 0 Å². The Labute approximate surface area is 173 Å². The smallest absolute Gasteiger partial charge is 0.271 e. The number of aromatic nitrogens is 3. The predicted molar refractivity (Wildman–Crippen MR) is 111 cm³/mol. The number of carbonyl (C=O) groups is 1. The van der Waals surface area contributed by atoms with E-state index in [4.69, 9.17) is 4.52 Å². The molecular formula is C20H24N6O4. The van der Waals surface area contributed by atoms with Crippen molar-refractivity contribution < 1.29 is 14.2 Å². The molecule has 1 atom stereocenters. The summed E-state index contributed by atoms with van der Waals surface area (Å²) in [5.74, 6) is 1.10. The lowest BCUT2D eigenvalue weighted by molar-refractivity contribution is -0.384. The van der Waals surface area contributed by atoms with Crippen LogP contribution in [0, 0.1) is 24.0 Å². The Kier molecular flexibility index (Phi) is 5.15. The minimum atomic E-state index is -0.421. The van der Waals surface area contributed by atoms with Crippen LogP contribution >= 0.6 is 0 Å². The van der Waals surface area contributed by atoms with Crippen LogP contribution in [0.15, 0.2) is 22.7 Å². The molecule has 1 aliphatic heterocycles. The number of amides is 1. The van der Waals surface area contributed by atoms with E-state index in [1.807, 2.05) is 25.7 Å². The highest BCUT2D eigenvalue weighted by atomic mass is 16.6. The molecule has 0 spiro atoms. The Hall–Kier alpha value is -3.43. The van der Waals surface area contributed by atoms with Crippen LogP contribution < -0.4 is 4.90 Å². The molecule has 0 radical (unpaired) electrons. The molecule has 1 aromatic carbocycles. The van der Waals surface area contributed by atoms with Crippen molar-refractivity contribution in [2.45, 2.75) is 33.1 Å². The molecule has 10 nitrogen and oxygen atoms in total. The summed E-state index contributed by atoms with van der Waals surface area (Å²) >= 11 is 0. The monoisotopic (exact) mass is 412 g/mol. The fraction of sp³-hybridized carbons (Fsp3) is 0.450. The first kappa shape index (κ1) is 19.9. The van der Waals surface area contributed by atoms with Gasteiger partial charge in [0.25, 0.3) is 5.69 Å². The number of non-ortho nitro benzene ring substituents is 1. The van der Waals surface area contributed by atoms with Gasteiger partial charge in [0.1, 0.15) is 5.76 Å². The Morgan fingerprint density at radius 3 is 2.77 bits per heavy atom. The number of rotatable bonds is 4. The maximum atomic E-state index is 13.1. The molecule has 1 N–H and O–H groups in total. The molecule has 1 amide bonds. The highest BCUT2D eigenvalue weighted by molar-refractivity contribution is 5.84. The minimum absolute atomic E-state index is 0.0265. The molecule has 0 bridgehead atoms. The maximum absolute atomic E-state index is 13.1. The van der Waals surface area contributed by atoms with Gasteiger partial charge in [-0.15, -0.1) is 0 Å². The number of anilines is 1. The summed E-state index contributed by atoms with van der Waals surface area (Å²) in [5.41, 5.74) is 2.95. The van der Waals surface area contributed by atoms with E-state index in [0.717, 1.165) is 24.2 Å². The average Bonchev–Trinajstić information content (AvgIpc) is 3.19. The SMILES string of the molecule is Cc1noc(C)c1C(C)C(=O)N1CCCN(c2nc3ccc([N+](=O)[O-])cc3[nH]2)CC1. The van der Waals surface area contributed by atoms with Crippen molar-refractivity contribution in [1.82, 2.24) is 20.0 Å². The number of imidazole rings is 1. The molecule has 10 heteroatoms. The van der Waals surface area contributed by atoms with E-state index in [2.05, 4.69) is 20.0 Å². The van der Waals surface area contributed by atoms with Crippen molar-refractivity contribution in [3.8, 4) is 0 Å². The highest BCUT2D eigenvalue weighted by Crippen LogP contribution is 2.26. The van der Waals surface area contributed by atoms with Gasteiger partial charge >= 0.3 is 0 Å². The number of fused-ring (bicyclic) bond motifs is 1. The molecule has 158 valence electrons. The quantitative estimate of drug-likeness (QED) is 0.516. The Morgan fingerprint density at radius 1 is 1.27 bits per heavy atom. The number of hydrogen-bond acceptors (Lipinski definition) is 7. The summed E-state index contributed by atoms with van der Waals surface area (Å²) in [7, 11) is 0. The summed E-state index contributed by atoms with van der Waals surface area (Å²) in [4.78, 5) is 35.4. The van der Waals surface area contributed by atoms with Crippen LogP contribution in [0.1, 0.15) is 36.3 Å². The van der Waals surface area contributed by atoms with Gasteiger partial charge in [0.15, 0.2) is 0 Å². The number of carbonyl (C=O) groups excluding carboxylic acids is 1. The Bertz CT molecular complexity index is 1080. The van der Waals surface area contributed by atoms with Crippen molar-refractivity contribution in [3.63, 3.8) is 0 Å². The van der Waals surface area contributed by atoms with Gasteiger partial charge in [-0.3, -0.25) is 14.9 Å². The third-order valence-electron chi connectivity index (χ3n) is 5.66. The lowest BCUT2D eigenvalue weighted by Crippen LogP contribution is -2.38. The summed E-state index contributed by atoms with van der Waals surface area (Å²) in [5, 5.41) is 15.0. The fourth-order valence-corrected chi connectivity index (χ4v) is 4.10. The van der Waals surface area contributed by atoms with Crippen LogP contribution in [0.3, 0.4) is 0 Å². The van der Waals surface area contributed by atoms with E-state index < -0.39 is 4.92 Å². The molecule has 1 saturated heterocycles. The van der Waals surface area contributed by atoms with Crippen LogP contribution in [0.25, 0.3) is 11.0 Å². The first-order valence-corrected chi connectivity index (χ1v) is 9.96. The normalized spacial score (nSPS) is 16.0. The standard InChI is InChI=1S/C20H24N6O4/c1-12(18-13(2)23-30-14(18)3)19(27)24-7-4-8-25(10-9-24)20-21-16-6-5-15(26(28)29)11-17(16)22-20/h5-6,11-12H,4,7-10H2,1-3H3,(H,21,22). The fourth-order valence-electron chi connectivity index (χ4n) is 4.10. The molecule has 1 fully saturated rings. The number of benzene rings is 1. The van der Waals surface area contributed by atoms with Gasteiger partial charge in [0, 0.05) is 43.9 Å². The zero-order valence-corrected chi connectivity index (χ0v) is 17.2. The minimum Gasteiger partial charge on any atom is -0.361 e. The Balaban J connectivity index is 1.48. The summed E-state index contributed by atoms with van der Waals surface area (Å²) in [6.45, 7) is 8.18. The maximum Gasteiger partial charge on any atom is 0.271 e. The van der Waals surface area contributed by atoms with Gasteiger partial charge in [-0.1, -0.05) is 5.16 Å². The molecule has 1 unspecified atom stereocenters. The van der Waals surface area contributed by atoms with Gasteiger partial charge in [-0.2, -0.15) is 0 Å². The largest absolute Gasteiger partial charge is 0.361 e. The van der Waals surface area contributed by atoms with Gasteiger partial charge in [0.2, 0.25) is 11.9 Å². The van der Waals surface area contributed by atoms with E-state index in [1.165, 1.54) is 12.1 Å². The Morgan fingerprint density at radius 2 is 2.07 bits per heavy atom. The molecule has 0 aliphatic carbocycles. The molecule has 30 heavy (non-hydrogen) atoms. The second kappa shape index (κ2) is 7.77. The van der Waals surface area contributed by atoms with E-state index in [9.17, 15) is 14.9 Å². The highest BCUT2D eigenvalue weighted by Gasteiger charge is 2.29. The first-order valence-electron chi connectivity index (χ1n) is 9.96. The second-order valence-corrected chi connectivity index (χ2v) is 7.64. The first-order chi connectivity index (χ1) is 14.3. The number of aromatic amines is 1. The van der Waals surface area contributed by atoms with E-state index >= 15 is 0 Å². The van der Waals surface area contributed by atoms with E-state index in [-0.39, 0.29) is 17.5 Å². The predicted octanol–water partition coefficient (Wildman–Crippen LogP) is 2.92. The van der Waals surface area contributed by atoms with Gasteiger partial charge in [-0.25, -0.2) is 4.98 Å². The van der Waals surface area contributed by atoms with Crippen LogP contribution in [0.5, 0.6) is 0 Å². The van der Waals surface area contributed by atoms with Crippen molar-refractivity contribution in [1.29, 1.82) is 0 Å². The average molecular weight is 412 g/mol. The molecule has 2 aromatic heterocycles. The lowest BCUT2D eigenvalue weighted by atomic mass is 9.98. The number of nitro groups is 1. The van der Waals surface area contributed by atoms with Crippen molar-refractivity contribution >= 4 is 28.6 Å². The molecule has 3 aromatic rings. The third-order valence-corrected chi connectivity index (χ3v) is 5.66. The van der Waals surface area contributed by atoms with Gasteiger partial charge < -0.3 is 19.3 Å². The summed E-state index contributed by atoms with van der Waals surface area (Å²) in [6.07, 6.45) is 0.803. The van der Waals surface area contributed by atoms with Crippen LogP contribution in [0.4, 0.5) is 11.6 Å². The third kappa shape index (κ3) is 3.60. The number of nitrogens with zero attached hydrogens (tertiary/aromatic N) is 5. The summed E-state index contributed by atoms with van der Waals surface area (Å²) in [6, 6.07) is 4.59. The van der Waals surface area contributed by atoms with E-state index in [0.29, 0.717) is 42.4 Å². The number of hydrogen-bond donors (Lipinski definition) is 1. The van der Waals surface area contributed by atoms with Crippen LogP contribution in [-0.2, 0) is 4.79 Å². The van der Waals surface area contributed by atoms with Crippen LogP contribution in [-0.4, -0.2) is 57.0 Å². The number of H-pyrrole nitrogens is 1. The topological polar surface area (TPSA) is 121 Å². The molecule has 3 heterocycles. The zero-order valence-electron chi connectivity index (χ0n) is 17.2. The van der Waals surface area contributed by atoms with E-state index in [1.54, 1.807) is 6.07 Å². The molecule has 0 saturated carbocycles. The number of nitro benzene ring substituents is 1. The summed E-state index contributed by atoms with van der Waals surface area (Å²) < 4.78 is 5.22. The molecule has 4 rings (SSSR count). The lowest BCUT2D eigenvalue weighted by Gasteiger charge is -2.24. The van der Waals surface area contributed by atoms with Gasteiger partial charge in [0.05, 0.1) is 27.6 Å². The van der Waals surface area contributed by atoms with Gasteiger partial charge in [-0.05, 0) is 33.3 Å². The second-order valence-electron chi connectivity index (χ2n) is 7.64. The van der Waals surface area contributed by atoms with Crippen LogP contribution in [0.2, 0.25) is 0 Å². The number of aryl methyl sites for hydroxylation is 2. The zero-order chi connectivity index (χ0) is 21.4. The van der Waals surface area contributed by atoms with Crippen molar-refractivity contribution in [2.75, 3.05) is 31.1 Å².